The number of aliphatic carboxylic acids is 1. The molecule has 0 saturated carbocycles. The Hall–Kier alpha value is -1.10. The molecule has 106 valence electrons. The molecule has 0 spiro atoms. The molecule has 2 N–H and O–H groups in total. The van der Waals surface area contributed by atoms with E-state index < -0.39 is 5.97 Å². The summed E-state index contributed by atoms with van der Waals surface area (Å²) in [6.45, 7) is 10.7. The highest BCUT2D eigenvalue weighted by molar-refractivity contribution is 5.78. The van der Waals surface area contributed by atoms with E-state index >= 15 is 0 Å². The first-order chi connectivity index (χ1) is 8.27. The maximum Gasteiger partial charge on any atom is 0.304 e. The number of hydrogen-bond donors (Lipinski definition) is 2. The summed E-state index contributed by atoms with van der Waals surface area (Å²) in [5.41, 5.74) is 0. The van der Waals surface area contributed by atoms with Crippen molar-refractivity contribution in [3.8, 4) is 0 Å². The molecule has 2 unspecified atom stereocenters. The van der Waals surface area contributed by atoms with Crippen LogP contribution < -0.4 is 5.32 Å². The van der Waals surface area contributed by atoms with E-state index in [0.29, 0.717) is 12.5 Å². The Morgan fingerprint density at radius 2 is 1.78 bits per heavy atom. The first-order valence-electron chi connectivity index (χ1n) is 6.53. The van der Waals surface area contributed by atoms with Gasteiger partial charge < -0.3 is 10.4 Å². The third-order valence-corrected chi connectivity index (χ3v) is 3.23. The lowest BCUT2D eigenvalue weighted by Crippen LogP contribution is -2.45. The number of carboxylic acids is 1. The number of carbonyl (C=O) groups is 2. The highest BCUT2D eigenvalue weighted by Crippen LogP contribution is 2.04. The third-order valence-electron chi connectivity index (χ3n) is 3.23. The second-order valence-electron chi connectivity index (χ2n) is 5.11. The second-order valence-corrected chi connectivity index (χ2v) is 5.11. The van der Waals surface area contributed by atoms with Crippen molar-refractivity contribution in [3.63, 3.8) is 0 Å². The molecule has 1 amide bonds. The van der Waals surface area contributed by atoms with Crippen LogP contribution in [-0.2, 0) is 9.59 Å². The summed E-state index contributed by atoms with van der Waals surface area (Å²) in [5, 5.41) is 11.7. The fourth-order valence-electron chi connectivity index (χ4n) is 1.61. The van der Waals surface area contributed by atoms with Crippen molar-refractivity contribution in [2.24, 2.45) is 5.92 Å². The molecule has 0 aliphatic rings. The average Bonchev–Trinajstić information content (AvgIpc) is 2.24. The Bertz CT molecular complexity index is 279. The van der Waals surface area contributed by atoms with E-state index in [1.165, 1.54) is 0 Å². The minimum absolute atomic E-state index is 0.0460. The summed E-state index contributed by atoms with van der Waals surface area (Å²) in [5.74, 6) is -0.493. The van der Waals surface area contributed by atoms with Crippen molar-refractivity contribution in [2.45, 2.75) is 53.1 Å². The molecule has 18 heavy (non-hydrogen) atoms. The molecule has 0 aromatic carbocycles. The molecule has 0 fully saturated rings. The highest BCUT2D eigenvalue weighted by atomic mass is 16.4. The van der Waals surface area contributed by atoms with Crippen LogP contribution in [0.25, 0.3) is 0 Å². The molecule has 5 heteroatoms. The van der Waals surface area contributed by atoms with Gasteiger partial charge in [-0.05, 0) is 26.3 Å². The molecule has 0 bridgehead atoms. The molecular weight excluding hydrogens is 232 g/mol. The Balaban J connectivity index is 4.27. The Morgan fingerprint density at radius 1 is 1.22 bits per heavy atom. The van der Waals surface area contributed by atoms with Gasteiger partial charge in [-0.3, -0.25) is 14.5 Å². The maximum absolute atomic E-state index is 11.8. The van der Waals surface area contributed by atoms with E-state index in [9.17, 15) is 9.59 Å². The van der Waals surface area contributed by atoms with E-state index in [-0.39, 0.29) is 31.0 Å². The lowest BCUT2D eigenvalue weighted by atomic mass is 10.1. The largest absolute Gasteiger partial charge is 0.481 e. The van der Waals surface area contributed by atoms with Crippen LogP contribution in [0.5, 0.6) is 0 Å². The summed E-state index contributed by atoms with van der Waals surface area (Å²) in [6.07, 6.45) is 0.0564. The zero-order valence-electron chi connectivity index (χ0n) is 12.1. The lowest BCUT2D eigenvalue weighted by Gasteiger charge is -2.27. The van der Waals surface area contributed by atoms with Gasteiger partial charge in [0, 0.05) is 12.1 Å². The number of nitrogens with zero attached hydrogens (tertiary/aromatic N) is 1. The smallest absolute Gasteiger partial charge is 0.304 e. The van der Waals surface area contributed by atoms with Crippen LogP contribution in [0.15, 0.2) is 0 Å². The molecular formula is C13H26N2O3. The predicted octanol–water partition coefficient (Wildman–Crippen LogP) is 1.33. The standard InChI is InChI=1S/C13H26N2O3/c1-6-15(10(4)7-13(17)18)8-12(16)14-11(5)9(2)3/h9-11H,6-8H2,1-5H3,(H,14,16)(H,17,18). The van der Waals surface area contributed by atoms with Crippen LogP contribution >= 0.6 is 0 Å². The van der Waals surface area contributed by atoms with Gasteiger partial charge in [-0.25, -0.2) is 0 Å². The first kappa shape index (κ1) is 16.9. The van der Waals surface area contributed by atoms with Crippen LogP contribution in [0.3, 0.4) is 0 Å². The topological polar surface area (TPSA) is 69.6 Å². The van der Waals surface area contributed by atoms with Gasteiger partial charge in [-0.15, -0.1) is 0 Å². The number of rotatable bonds is 8. The van der Waals surface area contributed by atoms with Gasteiger partial charge in [-0.1, -0.05) is 20.8 Å². The SMILES string of the molecule is CCN(CC(=O)NC(C)C(C)C)C(C)CC(=O)O. The zero-order valence-corrected chi connectivity index (χ0v) is 12.1. The highest BCUT2D eigenvalue weighted by Gasteiger charge is 2.19. The van der Waals surface area contributed by atoms with Crippen LogP contribution in [0, 0.1) is 5.92 Å². The number of likely N-dealkylation sites (N-methyl/N-ethyl adjacent to an activating group) is 1. The van der Waals surface area contributed by atoms with Crippen molar-refractivity contribution in [1.82, 2.24) is 10.2 Å². The second kappa shape index (κ2) is 8.08. The number of carbonyl (C=O) groups excluding carboxylic acids is 1. The normalized spacial score (nSPS) is 14.6. The molecule has 0 heterocycles. The van der Waals surface area contributed by atoms with E-state index in [1.54, 1.807) is 0 Å². The fourth-order valence-corrected chi connectivity index (χ4v) is 1.61. The predicted molar refractivity (Wildman–Crippen MR) is 71.4 cm³/mol. The summed E-state index contributed by atoms with van der Waals surface area (Å²) in [4.78, 5) is 24.3. The van der Waals surface area contributed by atoms with Crippen molar-refractivity contribution in [2.75, 3.05) is 13.1 Å². The van der Waals surface area contributed by atoms with Gasteiger partial charge in [0.2, 0.25) is 5.91 Å². The van der Waals surface area contributed by atoms with Crippen molar-refractivity contribution >= 4 is 11.9 Å². The molecule has 0 aromatic rings. The number of amides is 1. The van der Waals surface area contributed by atoms with E-state index in [1.807, 2.05) is 25.7 Å². The lowest BCUT2D eigenvalue weighted by molar-refractivity contribution is -0.139. The molecule has 0 aliphatic heterocycles. The fraction of sp³-hybridized carbons (Fsp3) is 0.846. The molecule has 2 atom stereocenters. The Labute approximate surface area is 110 Å². The number of carboxylic acid groups (broad SMARTS) is 1. The first-order valence-corrected chi connectivity index (χ1v) is 6.53. The molecule has 0 saturated heterocycles. The van der Waals surface area contributed by atoms with Crippen LogP contribution in [-0.4, -0.2) is 47.1 Å². The Morgan fingerprint density at radius 3 is 2.17 bits per heavy atom. The van der Waals surface area contributed by atoms with E-state index in [4.69, 9.17) is 5.11 Å². The van der Waals surface area contributed by atoms with Gasteiger partial charge in [0.05, 0.1) is 13.0 Å². The van der Waals surface area contributed by atoms with Crippen molar-refractivity contribution in [1.29, 1.82) is 0 Å². The Kier molecular flexibility index (Phi) is 7.59. The molecule has 0 radical (unpaired) electrons. The third kappa shape index (κ3) is 6.59. The van der Waals surface area contributed by atoms with Crippen LogP contribution in [0.4, 0.5) is 0 Å². The number of nitrogens with one attached hydrogen (secondary N) is 1. The van der Waals surface area contributed by atoms with Crippen LogP contribution in [0.2, 0.25) is 0 Å². The monoisotopic (exact) mass is 258 g/mol. The minimum Gasteiger partial charge on any atom is -0.481 e. The summed E-state index contributed by atoms with van der Waals surface area (Å²) in [7, 11) is 0. The molecule has 0 aliphatic carbocycles. The number of hydrogen-bond acceptors (Lipinski definition) is 3. The van der Waals surface area contributed by atoms with Gasteiger partial charge in [-0.2, -0.15) is 0 Å². The van der Waals surface area contributed by atoms with E-state index in [0.717, 1.165) is 0 Å². The van der Waals surface area contributed by atoms with Gasteiger partial charge in [0.25, 0.3) is 0 Å². The summed E-state index contributed by atoms with van der Waals surface area (Å²) < 4.78 is 0. The van der Waals surface area contributed by atoms with E-state index in [2.05, 4.69) is 19.2 Å². The summed E-state index contributed by atoms with van der Waals surface area (Å²) in [6, 6.07) is -0.00130. The minimum atomic E-state index is -0.836. The molecule has 0 aromatic heterocycles. The quantitative estimate of drug-likeness (QED) is 0.689. The average molecular weight is 258 g/mol. The van der Waals surface area contributed by atoms with Crippen molar-refractivity contribution in [3.05, 3.63) is 0 Å². The van der Waals surface area contributed by atoms with Gasteiger partial charge in [0.1, 0.15) is 0 Å². The zero-order chi connectivity index (χ0) is 14.3. The van der Waals surface area contributed by atoms with Gasteiger partial charge in [0.15, 0.2) is 0 Å². The van der Waals surface area contributed by atoms with Crippen LogP contribution in [0.1, 0.15) is 41.0 Å². The molecule has 5 nitrogen and oxygen atoms in total. The summed E-state index contributed by atoms with van der Waals surface area (Å²) >= 11 is 0. The molecule has 0 rings (SSSR count). The van der Waals surface area contributed by atoms with Gasteiger partial charge >= 0.3 is 5.97 Å². The van der Waals surface area contributed by atoms with Crippen molar-refractivity contribution < 1.29 is 14.7 Å². The maximum atomic E-state index is 11.8.